The minimum Gasteiger partial charge on any atom is -0.0915 e. The van der Waals surface area contributed by atoms with E-state index in [1.165, 1.54) is 5.57 Å². The summed E-state index contributed by atoms with van der Waals surface area (Å²) in [5.74, 6) is 0. The van der Waals surface area contributed by atoms with Gasteiger partial charge in [-0.25, -0.2) is 0 Å². The van der Waals surface area contributed by atoms with Gasteiger partial charge in [-0.05, 0) is 18.1 Å². The molecule has 0 aliphatic heterocycles. The summed E-state index contributed by atoms with van der Waals surface area (Å²) in [5.41, 5.74) is 2.28. The van der Waals surface area contributed by atoms with Crippen LogP contribution in [-0.2, 0) is 0 Å². The Hall–Kier alpha value is -1.30. The van der Waals surface area contributed by atoms with Gasteiger partial charge in [-0.2, -0.15) is 0 Å². The predicted octanol–water partition coefficient (Wildman–Crippen LogP) is 3.17. The lowest BCUT2D eigenvalue weighted by atomic mass is 10.1. The third-order valence-electron chi connectivity index (χ3n) is 1.59. The maximum atomic E-state index is 3.92. The van der Waals surface area contributed by atoms with Crippen molar-refractivity contribution in [3.8, 4) is 0 Å². The molecule has 56 valence electrons. The Kier molecular flexibility index (Phi) is 2.67. The van der Waals surface area contributed by atoms with E-state index in [4.69, 9.17) is 0 Å². The quantitative estimate of drug-likeness (QED) is 0.490. The zero-order chi connectivity index (χ0) is 8.10. The van der Waals surface area contributed by atoms with Crippen LogP contribution < -0.4 is 0 Å². The van der Waals surface area contributed by atoms with Gasteiger partial charge in [-0.1, -0.05) is 49.1 Å². The first-order valence-electron chi connectivity index (χ1n) is 3.68. The lowest BCUT2D eigenvalue weighted by Crippen LogP contribution is -1.75. The van der Waals surface area contributed by atoms with Crippen molar-refractivity contribution in [3.05, 3.63) is 60.3 Å². The van der Waals surface area contributed by atoms with Crippen LogP contribution in [0, 0.1) is 0 Å². The van der Waals surface area contributed by atoms with Gasteiger partial charge in [0.15, 0.2) is 0 Å². The first-order chi connectivity index (χ1) is 5.30. The van der Waals surface area contributed by atoms with Gasteiger partial charge in [0, 0.05) is 0 Å². The Labute approximate surface area is 67.9 Å². The topological polar surface area (TPSA) is 0 Å². The van der Waals surface area contributed by atoms with Crippen LogP contribution >= 0.6 is 0 Å². The summed E-state index contributed by atoms with van der Waals surface area (Å²) in [6, 6.07) is 0. The second kappa shape index (κ2) is 3.77. The Morgan fingerprint density at radius 2 is 1.64 bits per heavy atom. The third kappa shape index (κ3) is 2.42. The highest BCUT2D eigenvalue weighted by Gasteiger charge is 1.89. The molecule has 0 radical (unpaired) electrons. The van der Waals surface area contributed by atoms with Crippen molar-refractivity contribution < 1.29 is 0 Å². The zero-order valence-electron chi connectivity index (χ0n) is 6.75. The minimum absolute atomic E-state index is 1.07. The van der Waals surface area contributed by atoms with Crippen molar-refractivity contribution in [1.29, 1.82) is 0 Å². The van der Waals surface area contributed by atoms with Crippen molar-refractivity contribution >= 4 is 0 Å². The Bertz CT molecular complexity index is 260. The molecule has 0 bridgehead atoms. The van der Waals surface area contributed by atoms with Gasteiger partial charge in [0.05, 0.1) is 0 Å². The van der Waals surface area contributed by atoms with Crippen LogP contribution in [0.2, 0.25) is 0 Å². The monoisotopic (exact) mass is 144 g/mol. The first-order valence-corrected chi connectivity index (χ1v) is 3.68. The first kappa shape index (κ1) is 7.80. The molecule has 0 amide bonds. The molecule has 0 saturated carbocycles. The van der Waals surface area contributed by atoms with E-state index in [9.17, 15) is 0 Å². The van der Waals surface area contributed by atoms with Crippen LogP contribution in [0.5, 0.6) is 0 Å². The molecular formula is C11H12. The molecule has 0 aromatic rings. The molecule has 0 unspecified atom stereocenters. The zero-order valence-corrected chi connectivity index (χ0v) is 6.75. The van der Waals surface area contributed by atoms with Crippen molar-refractivity contribution in [1.82, 2.24) is 0 Å². The summed E-state index contributed by atoms with van der Waals surface area (Å²) in [4.78, 5) is 0. The van der Waals surface area contributed by atoms with E-state index in [-0.39, 0.29) is 0 Å². The highest BCUT2D eigenvalue weighted by molar-refractivity contribution is 5.40. The van der Waals surface area contributed by atoms with Crippen LogP contribution in [0.15, 0.2) is 60.3 Å². The maximum absolute atomic E-state index is 3.92. The van der Waals surface area contributed by atoms with Gasteiger partial charge in [0.2, 0.25) is 0 Å². The third-order valence-corrected chi connectivity index (χ3v) is 1.59. The normalized spacial score (nSPS) is 30.6. The van der Waals surface area contributed by atoms with Gasteiger partial charge in [-0.15, -0.1) is 0 Å². The molecule has 0 atom stereocenters. The number of rotatable bonds is 0. The summed E-state index contributed by atoms with van der Waals surface area (Å²) < 4.78 is 0. The lowest BCUT2D eigenvalue weighted by Gasteiger charge is -1.95. The van der Waals surface area contributed by atoms with Crippen LogP contribution in [0.4, 0.5) is 0 Å². The summed E-state index contributed by atoms with van der Waals surface area (Å²) in [5, 5.41) is 0. The minimum atomic E-state index is 1.07. The molecule has 1 aliphatic carbocycles. The molecule has 0 heteroatoms. The second-order valence-corrected chi connectivity index (χ2v) is 2.50. The Morgan fingerprint density at radius 3 is 2.45 bits per heavy atom. The fraction of sp³-hybridized carbons (Fsp3) is 0.0909. The van der Waals surface area contributed by atoms with E-state index in [2.05, 4.69) is 19.6 Å². The van der Waals surface area contributed by atoms with E-state index in [0.717, 1.165) is 5.57 Å². The Morgan fingerprint density at radius 1 is 1.00 bits per heavy atom. The van der Waals surface area contributed by atoms with Crippen LogP contribution in [0.3, 0.4) is 0 Å². The molecule has 0 aromatic heterocycles. The summed E-state index contributed by atoms with van der Waals surface area (Å²) in [7, 11) is 0. The van der Waals surface area contributed by atoms with Crippen molar-refractivity contribution in [2.45, 2.75) is 6.92 Å². The second-order valence-electron chi connectivity index (χ2n) is 2.50. The van der Waals surface area contributed by atoms with Crippen LogP contribution in [-0.4, -0.2) is 0 Å². The summed E-state index contributed by atoms with van der Waals surface area (Å²) >= 11 is 0. The molecule has 1 rings (SSSR count). The average molecular weight is 144 g/mol. The number of hydrogen-bond acceptors (Lipinski definition) is 0. The highest BCUT2D eigenvalue weighted by atomic mass is 13.9. The molecular weight excluding hydrogens is 132 g/mol. The predicted molar refractivity (Wildman–Crippen MR) is 50.3 cm³/mol. The van der Waals surface area contributed by atoms with E-state index >= 15 is 0 Å². The van der Waals surface area contributed by atoms with Gasteiger partial charge in [-0.3, -0.25) is 0 Å². The number of allylic oxidation sites excluding steroid dienone is 9. The van der Waals surface area contributed by atoms with Crippen molar-refractivity contribution in [2.24, 2.45) is 0 Å². The van der Waals surface area contributed by atoms with E-state index in [1.54, 1.807) is 0 Å². The van der Waals surface area contributed by atoms with Crippen molar-refractivity contribution in [2.75, 3.05) is 0 Å². The van der Waals surface area contributed by atoms with E-state index in [0.29, 0.717) is 0 Å². The molecule has 0 spiro atoms. The molecule has 0 heterocycles. The standard InChI is InChI=1S/C11H12/c1-10-8-6-4-3-5-7-9-11(10)2/h3-9H,1H2,2H3/b4-3-,7-5+,8-6-,11-9-. The smallest absolute Gasteiger partial charge is 0.0299 e. The van der Waals surface area contributed by atoms with Crippen LogP contribution in [0.25, 0.3) is 0 Å². The lowest BCUT2D eigenvalue weighted by molar-refractivity contribution is 1.45. The SMILES string of the molecule is C=C1\C=C/C=C\C=C\C=C/1C. The molecule has 0 nitrogen and oxygen atoms in total. The molecule has 0 fully saturated rings. The number of hydrogen-bond donors (Lipinski definition) is 0. The fourth-order valence-electron chi connectivity index (χ4n) is 0.803. The maximum Gasteiger partial charge on any atom is -0.0299 e. The largest absolute Gasteiger partial charge is 0.0915 e. The molecule has 0 saturated heterocycles. The molecule has 0 aromatic carbocycles. The van der Waals surface area contributed by atoms with Gasteiger partial charge in [0.25, 0.3) is 0 Å². The highest BCUT2D eigenvalue weighted by Crippen LogP contribution is 2.09. The molecule has 1 aliphatic rings. The fourth-order valence-corrected chi connectivity index (χ4v) is 0.803. The van der Waals surface area contributed by atoms with E-state index in [1.807, 2.05) is 36.5 Å². The van der Waals surface area contributed by atoms with Gasteiger partial charge < -0.3 is 0 Å². The molecule has 11 heavy (non-hydrogen) atoms. The molecule has 0 N–H and O–H groups in total. The van der Waals surface area contributed by atoms with Crippen LogP contribution in [0.1, 0.15) is 6.92 Å². The van der Waals surface area contributed by atoms with Gasteiger partial charge in [0.1, 0.15) is 0 Å². The van der Waals surface area contributed by atoms with Gasteiger partial charge >= 0.3 is 0 Å². The summed E-state index contributed by atoms with van der Waals surface area (Å²) in [6.45, 7) is 5.97. The Balaban J connectivity index is 2.92. The van der Waals surface area contributed by atoms with E-state index < -0.39 is 0 Å². The summed E-state index contributed by atoms with van der Waals surface area (Å²) in [6.07, 6.45) is 14.1. The average Bonchev–Trinajstić information content (AvgIpc) is 2.07. The van der Waals surface area contributed by atoms with Crippen molar-refractivity contribution in [3.63, 3.8) is 0 Å².